The Morgan fingerprint density at radius 3 is 1.94 bits per heavy atom. The molecule has 0 aliphatic rings. The Bertz CT molecular complexity index is 986. The number of nitrogens with zero attached hydrogens (tertiary/aromatic N) is 1. The summed E-state index contributed by atoms with van der Waals surface area (Å²) in [4.78, 5) is 27.2. The standard InChI is InChI=1S/C25H26N2O4/c1-30-22-12-8-20(9-13-22)17-27(25(29)16-19-6-4-3-5-7-19)18-24(28)26-21-10-14-23(31-2)15-11-21/h3-15H,16-18H2,1-2H3,(H,26,28). The normalized spacial score (nSPS) is 10.3. The van der Waals surface area contributed by atoms with E-state index in [1.807, 2.05) is 54.6 Å². The van der Waals surface area contributed by atoms with Gasteiger partial charge in [0.1, 0.15) is 18.0 Å². The predicted octanol–water partition coefficient (Wildman–Crippen LogP) is 3.91. The van der Waals surface area contributed by atoms with Gasteiger partial charge in [-0.25, -0.2) is 0 Å². The zero-order valence-corrected chi connectivity index (χ0v) is 17.7. The smallest absolute Gasteiger partial charge is 0.244 e. The van der Waals surface area contributed by atoms with Gasteiger partial charge < -0.3 is 19.7 Å². The molecule has 0 fully saturated rings. The first-order chi connectivity index (χ1) is 15.1. The van der Waals surface area contributed by atoms with E-state index in [9.17, 15) is 9.59 Å². The fourth-order valence-corrected chi connectivity index (χ4v) is 3.11. The molecule has 0 atom stereocenters. The zero-order chi connectivity index (χ0) is 22.1. The molecule has 2 amide bonds. The van der Waals surface area contributed by atoms with E-state index in [0.717, 1.165) is 16.9 Å². The molecule has 0 aromatic heterocycles. The maximum atomic E-state index is 13.0. The van der Waals surface area contributed by atoms with Gasteiger partial charge in [-0.3, -0.25) is 9.59 Å². The van der Waals surface area contributed by atoms with Crippen LogP contribution in [0.1, 0.15) is 11.1 Å². The van der Waals surface area contributed by atoms with Crippen LogP contribution in [0, 0.1) is 0 Å². The quantitative estimate of drug-likeness (QED) is 0.572. The van der Waals surface area contributed by atoms with Crippen molar-refractivity contribution in [2.24, 2.45) is 0 Å². The van der Waals surface area contributed by atoms with Crippen LogP contribution in [0.5, 0.6) is 11.5 Å². The molecule has 160 valence electrons. The molecule has 6 nitrogen and oxygen atoms in total. The minimum absolute atomic E-state index is 0.0519. The van der Waals surface area contributed by atoms with Crippen molar-refractivity contribution in [3.05, 3.63) is 90.0 Å². The maximum Gasteiger partial charge on any atom is 0.244 e. The molecule has 0 saturated carbocycles. The van der Waals surface area contributed by atoms with Gasteiger partial charge in [0.05, 0.1) is 20.6 Å². The Kier molecular flexibility index (Phi) is 7.65. The van der Waals surface area contributed by atoms with E-state index in [2.05, 4.69) is 5.32 Å². The molecule has 31 heavy (non-hydrogen) atoms. The summed E-state index contributed by atoms with van der Waals surface area (Å²) in [6.07, 6.45) is 0.229. The highest BCUT2D eigenvalue weighted by atomic mass is 16.5. The van der Waals surface area contributed by atoms with Crippen LogP contribution in [-0.2, 0) is 22.6 Å². The Hall–Kier alpha value is -3.80. The molecule has 3 rings (SSSR count). The number of nitrogens with one attached hydrogen (secondary N) is 1. The summed E-state index contributed by atoms with van der Waals surface area (Å²) in [6, 6.07) is 24.0. The Labute approximate surface area is 182 Å². The average molecular weight is 418 g/mol. The van der Waals surface area contributed by atoms with Crippen molar-refractivity contribution < 1.29 is 19.1 Å². The summed E-state index contributed by atoms with van der Waals surface area (Å²) < 4.78 is 10.3. The molecule has 0 radical (unpaired) electrons. The Balaban J connectivity index is 1.71. The van der Waals surface area contributed by atoms with E-state index in [4.69, 9.17) is 9.47 Å². The number of methoxy groups -OCH3 is 2. The molecule has 0 aliphatic carbocycles. The SMILES string of the molecule is COc1ccc(CN(CC(=O)Nc2ccc(OC)cc2)C(=O)Cc2ccccc2)cc1. The summed E-state index contributed by atoms with van der Waals surface area (Å²) in [5.74, 6) is 1.06. The second-order valence-corrected chi connectivity index (χ2v) is 7.04. The van der Waals surface area contributed by atoms with E-state index in [-0.39, 0.29) is 24.8 Å². The van der Waals surface area contributed by atoms with Gasteiger partial charge in [0, 0.05) is 12.2 Å². The monoisotopic (exact) mass is 418 g/mol. The van der Waals surface area contributed by atoms with Crippen LogP contribution in [-0.4, -0.2) is 37.5 Å². The summed E-state index contributed by atoms with van der Waals surface area (Å²) >= 11 is 0. The third kappa shape index (κ3) is 6.60. The predicted molar refractivity (Wildman–Crippen MR) is 120 cm³/mol. The lowest BCUT2D eigenvalue weighted by Gasteiger charge is -2.23. The summed E-state index contributed by atoms with van der Waals surface area (Å²) in [7, 11) is 3.19. The first-order valence-electron chi connectivity index (χ1n) is 9.96. The summed E-state index contributed by atoms with van der Waals surface area (Å²) in [5.41, 5.74) is 2.47. The van der Waals surface area contributed by atoms with Gasteiger partial charge >= 0.3 is 0 Å². The van der Waals surface area contributed by atoms with Gasteiger partial charge in [-0.1, -0.05) is 42.5 Å². The van der Waals surface area contributed by atoms with Crippen LogP contribution in [0.25, 0.3) is 0 Å². The van der Waals surface area contributed by atoms with Gasteiger partial charge in [0.25, 0.3) is 0 Å². The topological polar surface area (TPSA) is 67.9 Å². The van der Waals surface area contributed by atoms with Gasteiger partial charge in [-0.15, -0.1) is 0 Å². The molecule has 0 saturated heterocycles. The zero-order valence-electron chi connectivity index (χ0n) is 17.7. The highest BCUT2D eigenvalue weighted by molar-refractivity contribution is 5.94. The first kappa shape index (κ1) is 21.9. The number of hydrogen-bond donors (Lipinski definition) is 1. The van der Waals surface area contributed by atoms with E-state index in [1.54, 1.807) is 43.4 Å². The number of carbonyl (C=O) groups excluding carboxylic acids is 2. The molecule has 0 aliphatic heterocycles. The lowest BCUT2D eigenvalue weighted by molar-refractivity contribution is -0.134. The van der Waals surface area contributed by atoms with Crippen LogP contribution in [0.4, 0.5) is 5.69 Å². The summed E-state index contributed by atoms with van der Waals surface area (Å²) in [6.45, 7) is 0.273. The number of anilines is 1. The molecule has 3 aromatic carbocycles. The van der Waals surface area contributed by atoms with Gasteiger partial charge in [0.2, 0.25) is 11.8 Å². The van der Waals surface area contributed by atoms with Crippen LogP contribution >= 0.6 is 0 Å². The third-order valence-corrected chi connectivity index (χ3v) is 4.79. The second kappa shape index (κ2) is 10.8. The van der Waals surface area contributed by atoms with Crippen molar-refractivity contribution >= 4 is 17.5 Å². The fraction of sp³-hybridized carbons (Fsp3) is 0.200. The molecule has 0 unspecified atom stereocenters. The van der Waals surface area contributed by atoms with Crippen LogP contribution in [0.15, 0.2) is 78.9 Å². The molecular weight excluding hydrogens is 392 g/mol. The Morgan fingerprint density at radius 2 is 1.35 bits per heavy atom. The maximum absolute atomic E-state index is 13.0. The third-order valence-electron chi connectivity index (χ3n) is 4.79. The number of ether oxygens (including phenoxy) is 2. The summed E-state index contributed by atoms with van der Waals surface area (Å²) in [5, 5.41) is 2.84. The van der Waals surface area contributed by atoms with Crippen LogP contribution in [0.3, 0.4) is 0 Å². The molecule has 0 heterocycles. The van der Waals surface area contributed by atoms with E-state index in [0.29, 0.717) is 18.0 Å². The molecule has 0 bridgehead atoms. The Morgan fingerprint density at radius 1 is 0.774 bits per heavy atom. The van der Waals surface area contributed by atoms with Crippen molar-refractivity contribution in [1.29, 1.82) is 0 Å². The molecule has 3 aromatic rings. The van der Waals surface area contributed by atoms with Crippen molar-refractivity contribution in [3.8, 4) is 11.5 Å². The minimum atomic E-state index is -0.264. The van der Waals surface area contributed by atoms with Crippen molar-refractivity contribution in [2.75, 3.05) is 26.1 Å². The van der Waals surface area contributed by atoms with Gasteiger partial charge in [-0.05, 0) is 47.5 Å². The van der Waals surface area contributed by atoms with Crippen LogP contribution < -0.4 is 14.8 Å². The van der Waals surface area contributed by atoms with Crippen molar-refractivity contribution in [2.45, 2.75) is 13.0 Å². The van der Waals surface area contributed by atoms with Gasteiger partial charge in [0.15, 0.2) is 0 Å². The lowest BCUT2D eigenvalue weighted by Crippen LogP contribution is -2.38. The molecule has 0 spiro atoms. The minimum Gasteiger partial charge on any atom is -0.497 e. The lowest BCUT2D eigenvalue weighted by atomic mass is 10.1. The highest BCUT2D eigenvalue weighted by Gasteiger charge is 2.18. The highest BCUT2D eigenvalue weighted by Crippen LogP contribution is 2.16. The first-order valence-corrected chi connectivity index (χ1v) is 9.96. The number of carbonyl (C=O) groups is 2. The number of benzene rings is 3. The largest absolute Gasteiger partial charge is 0.497 e. The second-order valence-electron chi connectivity index (χ2n) is 7.04. The van der Waals surface area contributed by atoms with Crippen molar-refractivity contribution in [3.63, 3.8) is 0 Å². The number of amides is 2. The molecule has 1 N–H and O–H groups in total. The molecular formula is C25H26N2O4. The van der Waals surface area contributed by atoms with Crippen molar-refractivity contribution in [1.82, 2.24) is 4.90 Å². The molecule has 6 heteroatoms. The van der Waals surface area contributed by atoms with E-state index in [1.165, 1.54) is 0 Å². The fourth-order valence-electron chi connectivity index (χ4n) is 3.11. The number of rotatable bonds is 9. The van der Waals surface area contributed by atoms with E-state index < -0.39 is 0 Å². The van der Waals surface area contributed by atoms with Crippen LogP contribution in [0.2, 0.25) is 0 Å². The van der Waals surface area contributed by atoms with Gasteiger partial charge in [-0.2, -0.15) is 0 Å². The average Bonchev–Trinajstić information content (AvgIpc) is 2.80. The van der Waals surface area contributed by atoms with E-state index >= 15 is 0 Å². The number of hydrogen-bond acceptors (Lipinski definition) is 4.